The van der Waals surface area contributed by atoms with Crippen molar-refractivity contribution in [3.05, 3.63) is 0 Å². The minimum absolute atomic E-state index is 0.0857. The van der Waals surface area contributed by atoms with Crippen LogP contribution < -0.4 is 0 Å². The van der Waals surface area contributed by atoms with Crippen molar-refractivity contribution in [3.8, 4) is 0 Å². The summed E-state index contributed by atoms with van der Waals surface area (Å²) in [5.74, 6) is 0.442. The lowest BCUT2D eigenvalue weighted by Gasteiger charge is -2.46. The molecule has 0 N–H and O–H groups in total. The highest BCUT2D eigenvalue weighted by Gasteiger charge is 2.46. The number of hydrogen-bond acceptors (Lipinski definition) is 3. The van der Waals surface area contributed by atoms with E-state index in [1.54, 1.807) is 0 Å². The Morgan fingerprint density at radius 2 is 1.23 bits per heavy atom. The Morgan fingerprint density at radius 3 is 1.62 bits per heavy atom. The van der Waals surface area contributed by atoms with Gasteiger partial charge in [0.2, 0.25) is 0 Å². The summed E-state index contributed by atoms with van der Waals surface area (Å²) in [6.45, 7) is 22.5. The Bertz CT molecular complexity index is 455. The second-order valence-corrected chi connectivity index (χ2v) is 20.7. The van der Waals surface area contributed by atoms with E-state index >= 15 is 0 Å². The molecular formula is C21H44O3Si2. The molecule has 0 amide bonds. The van der Waals surface area contributed by atoms with Crippen LogP contribution in [0.3, 0.4) is 0 Å². The Morgan fingerprint density at radius 1 is 0.808 bits per heavy atom. The van der Waals surface area contributed by atoms with Crippen molar-refractivity contribution >= 4 is 22.9 Å². The lowest BCUT2D eigenvalue weighted by atomic mass is 9.83. The second-order valence-electron chi connectivity index (χ2n) is 11.2. The molecule has 0 bridgehead atoms. The van der Waals surface area contributed by atoms with E-state index in [-0.39, 0.29) is 16.2 Å². The van der Waals surface area contributed by atoms with E-state index in [1.807, 2.05) is 0 Å². The van der Waals surface area contributed by atoms with Gasteiger partial charge in [0.25, 0.3) is 0 Å². The Balaban J connectivity index is 3.14. The predicted molar refractivity (Wildman–Crippen MR) is 117 cm³/mol. The maximum Gasteiger partial charge on any atom is 0.193 e. The molecule has 0 radical (unpaired) electrons. The van der Waals surface area contributed by atoms with Crippen LogP contribution in [0.15, 0.2) is 0 Å². The van der Waals surface area contributed by atoms with Crippen molar-refractivity contribution in [2.45, 2.75) is 122 Å². The van der Waals surface area contributed by atoms with Crippen LogP contribution in [0.4, 0.5) is 0 Å². The van der Waals surface area contributed by atoms with Gasteiger partial charge >= 0.3 is 0 Å². The molecule has 0 saturated heterocycles. The molecule has 1 aliphatic carbocycles. The van der Waals surface area contributed by atoms with Crippen molar-refractivity contribution < 1.29 is 13.6 Å². The Hall–Kier alpha value is 0.0238. The second kappa shape index (κ2) is 8.58. The smallest absolute Gasteiger partial charge is 0.193 e. The first-order chi connectivity index (χ1) is 11.6. The van der Waals surface area contributed by atoms with Crippen LogP contribution in [0, 0.1) is 5.92 Å². The van der Waals surface area contributed by atoms with Crippen molar-refractivity contribution in [1.29, 1.82) is 0 Å². The van der Waals surface area contributed by atoms with Crippen molar-refractivity contribution in [1.82, 2.24) is 0 Å². The summed E-state index contributed by atoms with van der Waals surface area (Å²) in [6.07, 6.45) is 6.61. The third kappa shape index (κ3) is 6.01. The van der Waals surface area contributed by atoms with Crippen molar-refractivity contribution in [2.75, 3.05) is 0 Å². The molecule has 0 unspecified atom stereocenters. The fourth-order valence-corrected chi connectivity index (χ4v) is 5.68. The van der Waals surface area contributed by atoms with Gasteiger partial charge in [0, 0.05) is 0 Å². The van der Waals surface area contributed by atoms with E-state index in [9.17, 15) is 4.79 Å². The third-order valence-corrected chi connectivity index (χ3v) is 16.0. The molecule has 2 atom stereocenters. The zero-order valence-corrected chi connectivity index (χ0v) is 21.1. The zero-order valence-electron chi connectivity index (χ0n) is 19.1. The summed E-state index contributed by atoms with van der Waals surface area (Å²) < 4.78 is 13.5. The van der Waals surface area contributed by atoms with Crippen LogP contribution in [0.2, 0.25) is 36.3 Å². The van der Waals surface area contributed by atoms with Crippen LogP contribution in [0.1, 0.15) is 73.6 Å². The number of hydrogen-bond donors (Lipinski definition) is 0. The minimum Gasteiger partial charge on any atom is -0.411 e. The number of rotatable bonds is 7. The standard InChI is InChI=1S/C21H44O3Si2/c1-20(2,3)25(7,8)23-18(16-22)19(17-14-12-11-13-15-17)24-26(9,10)21(4,5)6/h16-19H,11-15H2,1-10H3/t18-,19+/m0/s1. The van der Waals surface area contributed by atoms with Gasteiger partial charge in [-0.05, 0) is 55.0 Å². The fourth-order valence-electron chi connectivity index (χ4n) is 3.10. The van der Waals surface area contributed by atoms with Crippen molar-refractivity contribution in [2.24, 2.45) is 5.92 Å². The highest BCUT2D eigenvalue weighted by Crippen LogP contribution is 2.42. The molecule has 1 fully saturated rings. The third-order valence-electron chi connectivity index (χ3n) is 7.05. The minimum atomic E-state index is -2.03. The van der Waals surface area contributed by atoms with Gasteiger partial charge in [-0.3, -0.25) is 0 Å². The van der Waals surface area contributed by atoms with Gasteiger partial charge in [-0.1, -0.05) is 60.8 Å². The Kier molecular flexibility index (Phi) is 7.94. The normalized spacial score (nSPS) is 20.7. The number of carbonyl (C=O) groups excluding carboxylic acids is 1. The number of carbonyl (C=O) groups is 1. The summed E-state index contributed by atoms with van der Waals surface area (Å²) in [7, 11) is -4.01. The molecule has 0 heterocycles. The average Bonchev–Trinajstić information content (AvgIpc) is 2.49. The maximum atomic E-state index is 12.2. The summed E-state index contributed by atoms with van der Waals surface area (Å²) in [5, 5.41) is 0.215. The molecule has 0 spiro atoms. The van der Waals surface area contributed by atoms with Gasteiger partial charge in [0.15, 0.2) is 16.6 Å². The first kappa shape index (κ1) is 24.1. The first-order valence-corrected chi connectivity index (χ1v) is 16.2. The molecule has 0 aliphatic heterocycles. The largest absolute Gasteiger partial charge is 0.411 e. The van der Waals surface area contributed by atoms with Gasteiger partial charge in [-0.15, -0.1) is 0 Å². The van der Waals surface area contributed by atoms with Gasteiger partial charge in [-0.25, -0.2) is 0 Å². The number of aldehydes is 1. The van der Waals surface area contributed by atoms with Crippen LogP contribution in [0.5, 0.6) is 0 Å². The average molecular weight is 401 g/mol. The molecule has 0 aromatic rings. The summed E-state index contributed by atoms with van der Waals surface area (Å²) in [6, 6.07) is 0. The molecule has 1 saturated carbocycles. The monoisotopic (exact) mass is 400 g/mol. The molecule has 3 nitrogen and oxygen atoms in total. The van der Waals surface area contributed by atoms with Gasteiger partial charge in [0.05, 0.1) is 6.10 Å². The molecule has 0 aromatic heterocycles. The fraction of sp³-hybridized carbons (Fsp3) is 0.952. The predicted octanol–water partition coefficient (Wildman–Crippen LogP) is 6.55. The van der Waals surface area contributed by atoms with Gasteiger partial charge < -0.3 is 13.6 Å². The molecule has 26 heavy (non-hydrogen) atoms. The Labute approximate surface area is 164 Å². The molecule has 1 aliphatic rings. The summed E-state index contributed by atoms with van der Waals surface area (Å²) in [5.41, 5.74) is 0. The molecule has 5 heteroatoms. The summed E-state index contributed by atoms with van der Waals surface area (Å²) in [4.78, 5) is 12.2. The molecule has 154 valence electrons. The SMILES string of the molecule is CC(C)(C)[Si](C)(C)O[C@@H](C=O)[C@H](O[Si](C)(C)C(C)(C)C)C1CCCCC1. The van der Waals surface area contributed by atoms with E-state index in [0.717, 1.165) is 19.1 Å². The maximum absolute atomic E-state index is 12.2. The van der Waals surface area contributed by atoms with Crippen LogP contribution >= 0.6 is 0 Å². The van der Waals surface area contributed by atoms with Gasteiger partial charge in [0.1, 0.15) is 12.4 Å². The van der Waals surface area contributed by atoms with E-state index in [4.69, 9.17) is 8.85 Å². The lowest BCUT2D eigenvalue weighted by molar-refractivity contribution is -0.121. The quantitative estimate of drug-likeness (QED) is 0.359. The molecule has 0 aromatic carbocycles. The topological polar surface area (TPSA) is 35.5 Å². The van der Waals surface area contributed by atoms with E-state index in [0.29, 0.717) is 5.92 Å². The lowest BCUT2D eigenvalue weighted by Crippen LogP contribution is -2.54. The van der Waals surface area contributed by atoms with Crippen LogP contribution in [0.25, 0.3) is 0 Å². The zero-order chi connectivity index (χ0) is 20.4. The van der Waals surface area contributed by atoms with Gasteiger partial charge in [-0.2, -0.15) is 0 Å². The van der Waals surface area contributed by atoms with Crippen molar-refractivity contribution in [3.63, 3.8) is 0 Å². The molecular weight excluding hydrogens is 356 g/mol. The molecule has 1 rings (SSSR count). The highest BCUT2D eigenvalue weighted by atomic mass is 28.4. The van der Waals surface area contributed by atoms with E-state index in [1.165, 1.54) is 19.3 Å². The first-order valence-electron chi connectivity index (χ1n) is 10.4. The van der Waals surface area contributed by atoms with E-state index < -0.39 is 22.7 Å². The summed E-state index contributed by atoms with van der Waals surface area (Å²) >= 11 is 0. The highest BCUT2D eigenvalue weighted by molar-refractivity contribution is 6.74. The van der Waals surface area contributed by atoms with Crippen LogP contribution in [-0.2, 0) is 13.6 Å². The van der Waals surface area contributed by atoms with E-state index in [2.05, 4.69) is 67.7 Å². The van der Waals surface area contributed by atoms with Crippen LogP contribution in [-0.4, -0.2) is 35.1 Å².